The van der Waals surface area contributed by atoms with Gasteiger partial charge in [-0.1, -0.05) is 44.1 Å². The summed E-state index contributed by atoms with van der Waals surface area (Å²) >= 11 is 7.38. The zero-order valence-electron chi connectivity index (χ0n) is 7.97. The number of thioether (sulfide) groups is 1. The Bertz CT molecular complexity index is 307. The zero-order valence-corrected chi connectivity index (χ0v) is 9.54. The van der Waals surface area contributed by atoms with E-state index >= 15 is 0 Å². The number of nitrogen functional groups attached to an aromatic ring is 1. The fourth-order valence-corrected chi connectivity index (χ4v) is 1.85. The van der Waals surface area contributed by atoms with Crippen LogP contribution in [0.3, 0.4) is 0 Å². The number of halogens is 1. The molecule has 1 heterocycles. The Morgan fingerprint density at radius 3 is 2.54 bits per heavy atom. The van der Waals surface area contributed by atoms with E-state index in [9.17, 15) is 0 Å². The average molecular weight is 217 g/mol. The SMILES string of the molecule is CC(C)(C)Sc1ncc(Cl)cc1N. The summed E-state index contributed by atoms with van der Waals surface area (Å²) in [6.45, 7) is 6.36. The molecular weight excluding hydrogens is 204 g/mol. The molecule has 2 N–H and O–H groups in total. The number of hydrogen-bond donors (Lipinski definition) is 1. The van der Waals surface area contributed by atoms with Crippen LogP contribution in [-0.4, -0.2) is 9.73 Å². The quantitative estimate of drug-likeness (QED) is 0.733. The van der Waals surface area contributed by atoms with Gasteiger partial charge in [-0.2, -0.15) is 0 Å². The summed E-state index contributed by atoms with van der Waals surface area (Å²) < 4.78 is 0.120. The van der Waals surface area contributed by atoms with Gasteiger partial charge < -0.3 is 5.73 Å². The summed E-state index contributed by atoms with van der Waals surface area (Å²) in [5.41, 5.74) is 6.41. The maximum absolute atomic E-state index is 5.76. The molecule has 0 aliphatic heterocycles. The molecule has 0 fully saturated rings. The molecule has 0 saturated heterocycles. The second-order valence-corrected chi connectivity index (χ2v) is 6.01. The van der Waals surface area contributed by atoms with Crippen LogP contribution >= 0.6 is 23.4 Å². The van der Waals surface area contributed by atoms with Gasteiger partial charge in [-0.25, -0.2) is 4.98 Å². The van der Waals surface area contributed by atoms with Gasteiger partial charge in [0.05, 0.1) is 10.7 Å². The largest absolute Gasteiger partial charge is 0.396 e. The summed E-state index contributed by atoms with van der Waals surface area (Å²) in [4.78, 5) is 4.17. The van der Waals surface area contributed by atoms with Gasteiger partial charge in [-0.3, -0.25) is 0 Å². The molecule has 0 atom stereocenters. The van der Waals surface area contributed by atoms with Gasteiger partial charge in [0, 0.05) is 10.9 Å². The molecule has 1 rings (SSSR count). The van der Waals surface area contributed by atoms with E-state index < -0.39 is 0 Å². The summed E-state index contributed by atoms with van der Waals surface area (Å²) in [6, 6.07) is 1.72. The molecule has 0 spiro atoms. The molecule has 1 aromatic rings. The molecule has 13 heavy (non-hydrogen) atoms. The van der Waals surface area contributed by atoms with E-state index in [0.717, 1.165) is 5.03 Å². The van der Waals surface area contributed by atoms with Gasteiger partial charge in [-0.15, -0.1) is 0 Å². The van der Waals surface area contributed by atoms with E-state index in [2.05, 4.69) is 25.8 Å². The Morgan fingerprint density at radius 2 is 2.08 bits per heavy atom. The van der Waals surface area contributed by atoms with Crippen molar-refractivity contribution in [3.63, 3.8) is 0 Å². The van der Waals surface area contributed by atoms with Crippen LogP contribution in [0.1, 0.15) is 20.8 Å². The molecule has 0 aliphatic rings. The van der Waals surface area contributed by atoms with Crippen molar-refractivity contribution in [2.45, 2.75) is 30.5 Å². The van der Waals surface area contributed by atoms with Crippen LogP contribution in [0.25, 0.3) is 0 Å². The van der Waals surface area contributed by atoms with E-state index in [1.54, 1.807) is 24.0 Å². The molecule has 0 saturated carbocycles. The van der Waals surface area contributed by atoms with E-state index in [1.165, 1.54) is 0 Å². The monoisotopic (exact) mass is 216 g/mol. The van der Waals surface area contributed by atoms with Crippen LogP contribution in [0.15, 0.2) is 17.3 Å². The lowest BCUT2D eigenvalue weighted by Gasteiger charge is -2.17. The minimum absolute atomic E-state index is 0.120. The van der Waals surface area contributed by atoms with E-state index in [0.29, 0.717) is 10.7 Å². The van der Waals surface area contributed by atoms with Gasteiger partial charge in [0.25, 0.3) is 0 Å². The van der Waals surface area contributed by atoms with Crippen molar-refractivity contribution in [3.8, 4) is 0 Å². The first-order valence-electron chi connectivity index (χ1n) is 3.98. The third-order valence-electron chi connectivity index (χ3n) is 1.25. The maximum atomic E-state index is 5.76. The normalized spacial score (nSPS) is 11.7. The standard InChI is InChI=1S/C9H13ClN2S/c1-9(2,3)13-8-7(11)4-6(10)5-12-8/h4-5H,11H2,1-3H3. The Morgan fingerprint density at radius 1 is 1.46 bits per heavy atom. The minimum atomic E-state index is 0.120. The number of nitrogens with two attached hydrogens (primary N) is 1. The average Bonchev–Trinajstić information content (AvgIpc) is 1.93. The van der Waals surface area contributed by atoms with E-state index in [-0.39, 0.29) is 4.75 Å². The third-order valence-corrected chi connectivity index (χ3v) is 2.60. The van der Waals surface area contributed by atoms with Crippen LogP contribution in [0.2, 0.25) is 5.02 Å². The maximum Gasteiger partial charge on any atom is 0.120 e. The number of anilines is 1. The second-order valence-electron chi connectivity index (χ2n) is 3.76. The molecule has 0 aliphatic carbocycles. The summed E-state index contributed by atoms with van der Waals surface area (Å²) in [5.74, 6) is 0. The van der Waals surface area contributed by atoms with Crippen LogP contribution in [0, 0.1) is 0 Å². The van der Waals surface area contributed by atoms with Crippen molar-refractivity contribution < 1.29 is 0 Å². The molecule has 1 aromatic heterocycles. The van der Waals surface area contributed by atoms with Gasteiger partial charge in [0.2, 0.25) is 0 Å². The zero-order chi connectivity index (χ0) is 10.1. The van der Waals surface area contributed by atoms with Crippen LogP contribution in [0.5, 0.6) is 0 Å². The van der Waals surface area contributed by atoms with Gasteiger partial charge >= 0.3 is 0 Å². The second kappa shape index (κ2) is 3.76. The molecule has 0 amide bonds. The highest BCUT2D eigenvalue weighted by atomic mass is 35.5. The lowest BCUT2D eigenvalue weighted by Crippen LogP contribution is -2.08. The van der Waals surface area contributed by atoms with Crippen molar-refractivity contribution in [1.29, 1.82) is 0 Å². The molecule has 4 heteroatoms. The lowest BCUT2D eigenvalue weighted by molar-refractivity contribution is 0.799. The summed E-state index contributed by atoms with van der Waals surface area (Å²) in [6.07, 6.45) is 1.62. The van der Waals surface area contributed by atoms with Gasteiger partial charge in [0.15, 0.2) is 0 Å². The van der Waals surface area contributed by atoms with Crippen LogP contribution in [-0.2, 0) is 0 Å². The fourth-order valence-electron chi connectivity index (χ4n) is 0.818. The Kier molecular flexibility index (Phi) is 3.09. The van der Waals surface area contributed by atoms with Crippen molar-refractivity contribution in [2.24, 2.45) is 0 Å². The summed E-state index contributed by atoms with van der Waals surface area (Å²) in [7, 11) is 0. The Hall–Kier alpha value is -0.410. The first-order valence-corrected chi connectivity index (χ1v) is 5.18. The summed E-state index contributed by atoms with van der Waals surface area (Å²) in [5, 5.41) is 1.42. The van der Waals surface area contributed by atoms with Crippen molar-refractivity contribution >= 4 is 29.1 Å². The van der Waals surface area contributed by atoms with Crippen molar-refractivity contribution in [1.82, 2.24) is 4.98 Å². The highest BCUT2D eigenvalue weighted by molar-refractivity contribution is 8.00. The molecule has 2 nitrogen and oxygen atoms in total. The predicted octanol–water partition coefficient (Wildman–Crippen LogP) is 3.21. The number of rotatable bonds is 1. The molecule has 0 radical (unpaired) electrons. The molecular formula is C9H13ClN2S. The number of hydrogen-bond acceptors (Lipinski definition) is 3. The van der Waals surface area contributed by atoms with E-state index in [4.69, 9.17) is 17.3 Å². The van der Waals surface area contributed by atoms with Crippen molar-refractivity contribution in [2.75, 3.05) is 5.73 Å². The van der Waals surface area contributed by atoms with Crippen molar-refractivity contribution in [3.05, 3.63) is 17.3 Å². The van der Waals surface area contributed by atoms with Crippen LogP contribution in [0.4, 0.5) is 5.69 Å². The van der Waals surface area contributed by atoms with Gasteiger partial charge in [0.1, 0.15) is 5.03 Å². The number of pyridine rings is 1. The first-order chi connectivity index (χ1) is 5.88. The molecule has 0 bridgehead atoms. The van der Waals surface area contributed by atoms with Crippen LogP contribution < -0.4 is 5.73 Å². The molecule has 0 unspecified atom stereocenters. The highest BCUT2D eigenvalue weighted by Crippen LogP contribution is 2.34. The fraction of sp³-hybridized carbons (Fsp3) is 0.444. The lowest BCUT2D eigenvalue weighted by atomic mass is 10.3. The number of nitrogens with zero attached hydrogens (tertiary/aromatic N) is 1. The molecule has 72 valence electrons. The number of aromatic nitrogens is 1. The molecule has 0 aromatic carbocycles. The Labute approximate surface area is 87.9 Å². The minimum Gasteiger partial charge on any atom is -0.396 e. The topological polar surface area (TPSA) is 38.9 Å². The smallest absolute Gasteiger partial charge is 0.120 e. The highest BCUT2D eigenvalue weighted by Gasteiger charge is 2.14. The Balaban J connectivity index is 2.90. The first kappa shape index (κ1) is 10.7. The predicted molar refractivity (Wildman–Crippen MR) is 59.3 cm³/mol. The van der Waals surface area contributed by atoms with E-state index in [1.807, 2.05) is 0 Å². The third kappa shape index (κ3) is 3.44. The van der Waals surface area contributed by atoms with Gasteiger partial charge in [-0.05, 0) is 6.07 Å².